The number of nitrogens with two attached hydrogens (primary N) is 1. The van der Waals surface area contributed by atoms with Crippen molar-refractivity contribution >= 4 is 15.7 Å². The number of aryl methyl sites for hydroxylation is 1. The van der Waals surface area contributed by atoms with Crippen molar-refractivity contribution in [3.8, 4) is 0 Å². The molecule has 3 N–H and O–H groups in total. The molecule has 1 fully saturated rings. The first-order chi connectivity index (χ1) is 9.83. The molecule has 1 saturated heterocycles. The number of nitrogen functional groups attached to an aromatic ring is 1. The van der Waals surface area contributed by atoms with Gasteiger partial charge in [-0.2, -0.15) is 0 Å². The molecule has 0 saturated carbocycles. The van der Waals surface area contributed by atoms with Crippen LogP contribution in [0.3, 0.4) is 0 Å². The lowest BCUT2D eigenvalue weighted by atomic mass is 10.1. The standard InChI is InChI=1S/C14H22FN3O2S/c1-3-18-6-4-5-11(9-18)17-21(19,20)12-7-10(2)14(15)13(16)8-12/h7-8,11,17H,3-6,9,16H2,1-2H3. The van der Waals surface area contributed by atoms with Crippen LogP contribution in [-0.2, 0) is 10.0 Å². The summed E-state index contributed by atoms with van der Waals surface area (Å²) in [6.07, 6.45) is 1.77. The van der Waals surface area contributed by atoms with Crippen LogP contribution in [0.25, 0.3) is 0 Å². The Labute approximate surface area is 125 Å². The predicted molar refractivity (Wildman–Crippen MR) is 81.0 cm³/mol. The summed E-state index contributed by atoms with van der Waals surface area (Å²) < 4.78 is 41.0. The van der Waals surface area contributed by atoms with Crippen molar-refractivity contribution in [2.45, 2.75) is 37.6 Å². The minimum absolute atomic E-state index is 0.0209. The van der Waals surface area contributed by atoms with Crippen LogP contribution in [0.4, 0.5) is 10.1 Å². The topological polar surface area (TPSA) is 75.4 Å². The van der Waals surface area contributed by atoms with E-state index in [0.29, 0.717) is 6.54 Å². The number of halogens is 1. The van der Waals surface area contributed by atoms with Crippen molar-refractivity contribution < 1.29 is 12.8 Å². The van der Waals surface area contributed by atoms with E-state index in [-0.39, 0.29) is 22.2 Å². The summed E-state index contributed by atoms with van der Waals surface area (Å²) in [7, 11) is -3.68. The molecule has 7 heteroatoms. The highest BCUT2D eigenvalue weighted by Gasteiger charge is 2.25. The Morgan fingerprint density at radius 1 is 1.48 bits per heavy atom. The molecule has 1 aromatic carbocycles. The second kappa shape index (κ2) is 6.29. The van der Waals surface area contributed by atoms with E-state index < -0.39 is 15.8 Å². The van der Waals surface area contributed by atoms with Crippen LogP contribution in [0, 0.1) is 12.7 Å². The fraction of sp³-hybridized carbons (Fsp3) is 0.571. The van der Waals surface area contributed by atoms with E-state index in [1.807, 2.05) is 0 Å². The van der Waals surface area contributed by atoms with Gasteiger partial charge in [-0.3, -0.25) is 0 Å². The van der Waals surface area contributed by atoms with E-state index in [4.69, 9.17) is 5.73 Å². The molecule has 21 heavy (non-hydrogen) atoms. The highest BCUT2D eigenvalue weighted by atomic mass is 32.2. The number of sulfonamides is 1. The van der Waals surface area contributed by atoms with Gasteiger partial charge in [0, 0.05) is 12.6 Å². The van der Waals surface area contributed by atoms with Gasteiger partial charge in [0.25, 0.3) is 0 Å². The van der Waals surface area contributed by atoms with E-state index >= 15 is 0 Å². The number of nitrogens with zero attached hydrogens (tertiary/aromatic N) is 1. The first-order valence-electron chi connectivity index (χ1n) is 7.13. The van der Waals surface area contributed by atoms with E-state index in [1.165, 1.54) is 19.1 Å². The normalized spacial score (nSPS) is 20.6. The molecule has 0 radical (unpaired) electrons. The van der Waals surface area contributed by atoms with Gasteiger partial charge in [-0.1, -0.05) is 6.92 Å². The quantitative estimate of drug-likeness (QED) is 0.825. The summed E-state index contributed by atoms with van der Waals surface area (Å²) >= 11 is 0. The molecule has 1 aliphatic rings. The number of hydrogen-bond acceptors (Lipinski definition) is 4. The van der Waals surface area contributed by atoms with Crippen molar-refractivity contribution in [3.63, 3.8) is 0 Å². The monoisotopic (exact) mass is 315 g/mol. The Hall–Kier alpha value is -1.18. The zero-order valence-electron chi connectivity index (χ0n) is 12.4. The molecule has 0 bridgehead atoms. The summed E-state index contributed by atoms with van der Waals surface area (Å²) in [5, 5.41) is 0. The molecule has 1 heterocycles. The molecule has 118 valence electrons. The van der Waals surface area contributed by atoms with Crippen LogP contribution in [-0.4, -0.2) is 39.0 Å². The number of likely N-dealkylation sites (N-methyl/N-ethyl adjacent to an activating group) is 1. The fourth-order valence-electron chi connectivity index (χ4n) is 2.64. The van der Waals surface area contributed by atoms with Crippen LogP contribution in [0.5, 0.6) is 0 Å². The number of hydrogen-bond donors (Lipinski definition) is 2. The third-order valence-corrected chi connectivity index (χ3v) is 5.34. The zero-order chi connectivity index (χ0) is 15.6. The fourth-order valence-corrected chi connectivity index (χ4v) is 4.03. The first kappa shape index (κ1) is 16.2. The minimum Gasteiger partial charge on any atom is -0.396 e. The molecule has 5 nitrogen and oxygen atoms in total. The van der Waals surface area contributed by atoms with Gasteiger partial charge in [-0.15, -0.1) is 0 Å². The van der Waals surface area contributed by atoms with E-state index in [2.05, 4.69) is 16.5 Å². The number of likely N-dealkylation sites (tertiary alicyclic amines) is 1. The van der Waals surface area contributed by atoms with Crippen molar-refractivity contribution in [1.29, 1.82) is 0 Å². The molecule has 1 atom stereocenters. The maximum Gasteiger partial charge on any atom is 0.240 e. The number of piperidine rings is 1. The van der Waals surface area contributed by atoms with Gasteiger partial charge in [0.15, 0.2) is 0 Å². The average molecular weight is 315 g/mol. The van der Waals surface area contributed by atoms with Crippen LogP contribution < -0.4 is 10.5 Å². The molecular weight excluding hydrogens is 293 g/mol. The highest BCUT2D eigenvalue weighted by Crippen LogP contribution is 2.21. The van der Waals surface area contributed by atoms with Gasteiger partial charge >= 0.3 is 0 Å². The molecule has 0 aromatic heterocycles. The molecule has 1 aliphatic heterocycles. The van der Waals surface area contributed by atoms with Gasteiger partial charge in [0.2, 0.25) is 10.0 Å². The van der Waals surface area contributed by atoms with E-state index in [1.54, 1.807) is 0 Å². The summed E-state index contributed by atoms with van der Waals surface area (Å²) in [5.74, 6) is -0.566. The Morgan fingerprint density at radius 3 is 2.81 bits per heavy atom. The maximum absolute atomic E-state index is 13.5. The number of anilines is 1. The van der Waals surface area contributed by atoms with Crippen molar-refractivity contribution in [2.75, 3.05) is 25.4 Å². The van der Waals surface area contributed by atoms with Crippen LogP contribution in [0.1, 0.15) is 25.3 Å². The van der Waals surface area contributed by atoms with Crippen molar-refractivity contribution in [1.82, 2.24) is 9.62 Å². The molecule has 0 amide bonds. The average Bonchev–Trinajstić information content (AvgIpc) is 2.44. The van der Waals surface area contributed by atoms with Crippen molar-refractivity contribution in [2.24, 2.45) is 0 Å². The van der Waals surface area contributed by atoms with Gasteiger partial charge in [0.1, 0.15) is 5.82 Å². The number of benzene rings is 1. The van der Waals surface area contributed by atoms with Gasteiger partial charge in [0.05, 0.1) is 10.6 Å². The molecule has 0 aliphatic carbocycles. The van der Waals surface area contributed by atoms with Crippen molar-refractivity contribution in [3.05, 3.63) is 23.5 Å². The lowest BCUT2D eigenvalue weighted by Gasteiger charge is -2.32. The third-order valence-electron chi connectivity index (χ3n) is 3.84. The molecule has 0 spiro atoms. The van der Waals surface area contributed by atoms with Gasteiger partial charge < -0.3 is 10.6 Å². The van der Waals surface area contributed by atoms with Crippen LogP contribution >= 0.6 is 0 Å². The summed E-state index contributed by atoms with van der Waals surface area (Å²) in [6.45, 7) is 6.16. The zero-order valence-corrected chi connectivity index (χ0v) is 13.2. The lowest BCUT2D eigenvalue weighted by molar-refractivity contribution is 0.211. The second-order valence-corrected chi connectivity index (χ2v) is 7.21. The number of rotatable bonds is 4. The molecule has 2 rings (SSSR count). The first-order valence-corrected chi connectivity index (χ1v) is 8.62. The number of nitrogens with one attached hydrogen (secondary N) is 1. The largest absolute Gasteiger partial charge is 0.396 e. The maximum atomic E-state index is 13.5. The Balaban J connectivity index is 2.18. The van der Waals surface area contributed by atoms with Gasteiger partial charge in [-0.05, 0) is 50.6 Å². The van der Waals surface area contributed by atoms with E-state index in [9.17, 15) is 12.8 Å². The highest BCUT2D eigenvalue weighted by molar-refractivity contribution is 7.89. The lowest BCUT2D eigenvalue weighted by Crippen LogP contribution is -2.47. The molecular formula is C14H22FN3O2S. The Morgan fingerprint density at radius 2 is 2.19 bits per heavy atom. The Kier molecular flexibility index (Phi) is 4.85. The van der Waals surface area contributed by atoms with Crippen LogP contribution in [0.15, 0.2) is 17.0 Å². The summed E-state index contributed by atoms with van der Waals surface area (Å²) in [5.41, 5.74) is 5.61. The third kappa shape index (κ3) is 3.72. The van der Waals surface area contributed by atoms with Gasteiger partial charge in [-0.25, -0.2) is 17.5 Å². The smallest absolute Gasteiger partial charge is 0.240 e. The minimum atomic E-state index is -3.68. The summed E-state index contributed by atoms with van der Waals surface area (Å²) in [4.78, 5) is 2.23. The Bertz CT molecular complexity index is 596. The SMILES string of the molecule is CCN1CCCC(NS(=O)(=O)c2cc(C)c(F)c(N)c2)C1. The second-order valence-electron chi connectivity index (χ2n) is 5.50. The van der Waals surface area contributed by atoms with Crippen LogP contribution in [0.2, 0.25) is 0 Å². The van der Waals surface area contributed by atoms with E-state index in [0.717, 1.165) is 25.9 Å². The molecule has 1 unspecified atom stereocenters. The predicted octanol–water partition coefficient (Wildman–Crippen LogP) is 1.48. The summed E-state index contributed by atoms with van der Waals surface area (Å²) in [6, 6.07) is 2.37. The molecule has 1 aromatic rings.